The van der Waals surface area contributed by atoms with Crippen molar-refractivity contribution in [2.24, 2.45) is 5.92 Å². The molecule has 98 valence electrons. The van der Waals surface area contributed by atoms with Gasteiger partial charge in [0.05, 0.1) is 11.2 Å². The quantitative estimate of drug-likeness (QED) is 0.853. The average molecular weight is 274 g/mol. The standard InChI is InChI=1S/C13H14N4OS/c18-13(11-8-14-2-3-15-11)17-5-1-10(9-17)7-12-16-4-6-19-12/h2-4,6,8,10H,1,5,7,9H2/t10-/m0/s1. The second-order valence-corrected chi connectivity index (χ2v) is 5.61. The molecular weight excluding hydrogens is 260 g/mol. The van der Waals surface area contributed by atoms with E-state index in [4.69, 9.17) is 0 Å². The fourth-order valence-electron chi connectivity index (χ4n) is 2.36. The summed E-state index contributed by atoms with van der Waals surface area (Å²) < 4.78 is 0. The number of likely N-dealkylation sites (tertiary alicyclic amines) is 1. The summed E-state index contributed by atoms with van der Waals surface area (Å²) >= 11 is 1.68. The van der Waals surface area contributed by atoms with Crippen LogP contribution in [-0.2, 0) is 6.42 Å². The van der Waals surface area contributed by atoms with E-state index in [-0.39, 0.29) is 5.91 Å². The molecule has 0 radical (unpaired) electrons. The highest BCUT2D eigenvalue weighted by Gasteiger charge is 2.28. The minimum absolute atomic E-state index is 0.0188. The van der Waals surface area contributed by atoms with Crippen LogP contribution in [0.15, 0.2) is 30.2 Å². The molecule has 2 aromatic heterocycles. The molecule has 1 amide bonds. The lowest BCUT2D eigenvalue weighted by atomic mass is 10.1. The van der Waals surface area contributed by atoms with Crippen molar-refractivity contribution >= 4 is 17.2 Å². The maximum atomic E-state index is 12.2. The zero-order valence-corrected chi connectivity index (χ0v) is 11.2. The Morgan fingerprint density at radius 2 is 2.32 bits per heavy atom. The highest BCUT2D eigenvalue weighted by molar-refractivity contribution is 7.09. The summed E-state index contributed by atoms with van der Waals surface area (Å²) in [6.45, 7) is 1.58. The molecule has 5 nitrogen and oxygen atoms in total. The van der Waals surface area contributed by atoms with E-state index in [1.807, 2.05) is 16.5 Å². The Balaban J connectivity index is 1.61. The zero-order valence-electron chi connectivity index (χ0n) is 10.4. The highest BCUT2D eigenvalue weighted by atomic mass is 32.1. The first-order chi connectivity index (χ1) is 9.33. The van der Waals surface area contributed by atoms with Crippen LogP contribution >= 0.6 is 11.3 Å². The maximum Gasteiger partial charge on any atom is 0.274 e. The molecule has 1 fully saturated rings. The lowest BCUT2D eigenvalue weighted by Crippen LogP contribution is -2.29. The minimum atomic E-state index is -0.0188. The van der Waals surface area contributed by atoms with Crippen molar-refractivity contribution in [1.82, 2.24) is 19.9 Å². The van der Waals surface area contributed by atoms with Crippen molar-refractivity contribution in [3.05, 3.63) is 40.9 Å². The summed E-state index contributed by atoms with van der Waals surface area (Å²) in [5, 5.41) is 3.14. The molecule has 1 aliphatic rings. The lowest BCUT2D eigenvalue weighted by Gasteiger charge is -2.15. The fourth-order valence-corrected chi connectivity index (χ4v) is 3.09. The van der Waals surface area contributed by atoms with E-state index < -0.39 is 0 Å². The number of aromatic nitrogens is 3. The summed E-state index contributed by atoms with van der Waals surface area (Å²) in [5.74, 6) is 0.488. The SMILES string of the molecule is O=C(c1cnccn1)N1CC[C@@H](Cc2nccs2)C1. The molecule has 1 atom stereocenters. The van der Waals surface area contributed by atoms with E-state index >= 15 is 0 Å². The Labute approximate surface area is 115 Å². The molecule has 6 heteroatoms. The van der Waals surface area contributed by atoms with E-state index in [2.05, 4.69) is 15.0 Å². The van der Waals surface area contributed by atoms with E-state index in [1.54, 1.807) is 23.7 Å². The number of nitrogens with zero attached hydrogens (tertiary/aromatic N) is 4. The van der Waals surface area contributed by atoms with E-state index in [0.717, 1.165) is 30.9 Å². The molecule has 0 aliphatic carbocycles. The third-order valence-electron chi connectivity index (χ3n) is 3.30. The summed E-state index contributed by atoms with van der Waals surface area (Å²) in [6.07, 6.45) is 8.48. The van der Waals surface area contributed by atoms with Crippen molar-refractivity contribution in [3.8, 4) is 0 Å². The third-order valence-corrected chi connectivity index (χ3v) is 4.10. The van der Waals surface area contributed by atoms with Gasteiger partial charge in [-0.2, -0.15) is 0 Å². The van der Waals surface area contributed by atoms with Crippen molar-refractivity contribution in [2.75, 3.05) is 13.1 Å². The second kappa shape index (κ2) is 5.44. The predicted molar refractivity (Wildman–Crippen MR) is 71.9 cm³/mol. The van der Waals surface area contributed by atoms with Gasteiger partial charge in [-0.05, 0) is 12.3 Å². The molecule has 3 rings (SSSR count). The highest BCUT2D eigenvalue weighted by Crippen LogP contribution is 2.22. The van der Waals surface area contributed by atoms with Crippen molar-refractivity contribution < 1.29 is 4.79 Å². The Kier molecular flexibility index (Phi) is 3.50. The second-order valence-electron chi connectivity index (χ2n) is 4.63. The van der Waals surface area contributed by atoms with Gasteiger partial charge in [0.2, 0.25) is 0 Å². The molecule has 1 aliphatic heterocycles. The summed E-state index contributed by atoms with van der Waals surface area (Å²) in [4.78, 5) is 26.4. The average Bonchev–Trinajstić information content (AvgIpc) is 3.11. The Morgan fingerprint density at radius 1 is 1.37 bits per heavy atom. The van der Waals surface area contributed by atoms with Gasteiger partial charge in [-0.3, -0.25) is 9.78 Å². The largest absolute Gasteiger partial charge is 0.337 e. The summed E-state index contributed by atoms with van der Waals surface area (Å²) in [5.41, 5.74) is 0.428. The predicted octanol–water partition coefficient (Wildman–Crippen LogP) is 1.64. The van der Waals surface area contributed by atoms with Crippen LogP contribution in [0.2, 0.25) is 0 Å². The van der Waals surface area contributed by atoms with Crippen LogP contribution in [0.5, 0.6) is 0 Å². The Hall–Kier alpha value is -1.82. The maximum absolute atomic E-state index is 12.2. The van der Waals surface area contributed by atoms with Gasteiger partial charge in [-0.25, -0.2) is 9.97 Å². The van der Waals surface area contributed by atoms with E-state index in [1.165, 1.54) is 6.20 Å². The number of amides is 1. The van der Waals surface area contributed by atoms with Crippen molar-refractivity contribution in [1.29, 1.82) is 0 Å². The minimum Gasteiger partial charge on any atom is -0.337 e. The first-order valence-electron chi connectivity index (χ1n) is 6.26. The molecule has 1 saturated heterocycles. The van der Waals surface area contributed by atoms with Crippen molar-refractivity contribution in [2.45, 2.75) is 12.8 Å². The molecule has 3 heterocycles. The number of hydrogen-bond acceptors (Lipinski definition) is 5. The normalized spacial score (nSPS) is 18.7. The van der Waals surface area contributed by atoms with Gasteiger partial charge in [0.25, 0.3) is 5.91 Å². The monoisotopic (exact) mass is 274 g/mol. The van der Waals surface area contributed by atoms with Crippen LogP contribution in [0.3, 0.4) is 0 Å². The van der Waals surface area contributed by atoms with Crippen LogP contribution in [-0.4, -0.2) is 38.8 Å². The first-order valence-corrected chi connectivity index (χ1v) is 7.14. The van der Waals surface area contributed by atoms with Gasteiger partial charge in [0, 0.05) is 43.5 Å². The third kappa shape index (κ3) is 2.78. The van der Waals surface area contributed by atoms with Gasteiger partial charge < -0.3 is 4.90 Å². The smallest absolute Gasteiger partial charge is 0.274 e. The van der Waals surface area contributed by atoms with Gasteiger partial charge in [-0.1, -0.05) is 0 Å². The number of thiazole rings is 1. The van der Waals surface area contributed by atoms with E-state index in [0.29, 0.717) is 11.6 Å². The zero-order chi connectivity index (χ0) is 13.1. The van der Waals surface area contributed by atoms with Crippen LogP contribution in [0.4, 0.5) is 0 Å². The summed E-state index contributed by atoms with van der Waals surface area (Å²) in [7, 11) is 0. The van der Waals surface area contributed by atoms with Gasteiger partial charge >= 0.3 is 0 Å². The number of hydrogen-bond donors (Lipinski definition) is 0. The molecule has 0 spiro atoms. The molecule has 0 N–H and O–H groups in total. The van der Waals surface area contributed by atoms with Crippen LogP contribution in [0.1, 0.15) is 21.9 Å². The lowest BCUT2D eigenvalue weighted by molar-refractivity contribution is 0.0781. The van der Waals surface area contributed by atoms with Crippen LogP contribution < -0.4 is 0 Å². The Morgan fingerprint density at radius 3 is 3.05 bits per heavy atom. The molecule has 2 aromatic rings. The molecular formula is C13H14N4OS. The van der Waals surface area contributed by atoms with Crippen molar-refractivity contribution in [3.63, 3.8) is 0 Å². The molecule has 19 heavy (non-hydrogen) atoms. The number of rotatable bonds is 3. The molecule has 0 bridgehead atoms. The Bertz CT molecular complexity index is 543. The van der Waals surface area contributed by atoms with Crippen LogP contribution in [0.25, 0.3) is 0 Å². The molecule has 0 saturated carbocycles. The number of carbonyl (C=O) groups is 1. The first kappa shape index (κ1) is 12.2. The fraction of sp³-hybridized carbons (Fsp3) is 0.385. The van der Waals surface area contributed by atoms with Gasteiger partial charge in [0.1, 0.15) is 5.69 Å². The van der Waals surface area contributed by atoms with Crippen LogP contribution in [0, 0.1) is 5.92 Å². The number of carbonyl (C=O) groups excluding carboxylic acids is 1. The summed E-state index contributed by atoms with van der Waals surface area (Å²) in [6, 6.07) is 0. The van der Waals surface area contributed by atoms with Gasteiger partial charge in [0.15, 0.2) is 0 Å². The molecule has 0 aromatic carbocycles. The molecule has 0 unspecified atom stereocenters. The topological polar surface area (TPSA) is 59.0 Å². The van der Waals surface area contributed by atoms with Gasteiger partial charge in [-0.15, -0.1) is 11.3 Å². The van der Waals surface area contributed by atoms with E-state index in [9.17, 15) is 4.79 Å².